The second-order valence-electron chi connectivity index (χ2n) is 1.69. The summed E-state index contributed by atoms with van der Waals surface area (Å²) in [5, 5.41) is 6.76. The van der Waals surface area contributed by atoms with Gasteiger partial charge in [0.15, 0.2) is 4.60 Å². The zero-order valence-corrected chi connectivity index (χ0v) is 6.64. The molecule has 0 amide bonds. The Morgan fingerprint density at radius 1 is 1.60 bits per heavy atom. The molecule has 0 bridgehead atoms. The number of hydrogen-bond acceptors (Lipinski definition) is 2. The van der Waals surface area contributed by atoms with Gasteiger partial charge in [0.05, 0.1) is 0 Å². The van der Waals surface area contributed by atoms with Crippen molar-refractivity contribution in [1.82, 2.24) is 15.0 Å². The van der Waals surface area contributed by atoms with Crippen LogP contribution in [0.15, 0.2) is 4.60 Å². The van der Waals surface area contributed by atoms with Crippen LogP contribution in [0.25, 0.3) is 0 Å². The molecule has 56 valence electrons. The highest BCUT2D eigenvalue weighted by atomic mass is 79.9. The molecule has 0 aliphatic rings. The van der Waals surface area contributed by atoms with E-state index in [-0.39, 0.29) is 10.3 Å². The Kier molecular flexibility index (Phi) is 1.98. The molecule has 0 N–H and O–H groups in total. The van der Waals surface area contributed by atoms with Crippen molar-refractivity contribution >= 4 is 15.9 Å². The summed E-state index contributed by atoms with van der Waals surface area (Å²) in [7, 11) is 1.42. The molecule has 6 heteroatoms. The number of halogens is 3. The number of alkyl halides is 2. The van der Waals surface area contributed by atoms with Gasteiger partial charge in [-0.15, -0.1) is 5.10 Å². The summed E-state index contributed by atoms with van der Waals surface area (Å²) in [6.07, 6.45) is -2.53. The molecule has 0 atom stereocenters. The van der Waals surface area contributed by atoms with E-state index in [1.165, 1.54) is 7.05 Å². The smallest absolute Gasteiger partial charge is 0.245 e. The molecule has 3 nitrogen and oxygen atoms in total. The Hall–Kier alpha value is -0.520. The zero-order valence-electron chi connectivity index (χ0n) is 5.05. The molecule has 0 saturated carbocycles. The van der Waals surface area contributed by atoms with Crippen LogP contribution in [0, 0.1) is 0 Å². The Bertz CT molecular complexity index is 215. The van der Waals surface area contributed by atoms with Crippen molar-refractivity contribution < 1.29 is 8.78 Å². The largest absolute Gasteiger partial charge is 0.282 e. The lowest BCUT2D eigenvalue weighted by Gasteiger charge is -1.96. The van der Waals surface area contributed by atoms with Crippen LogP contribution in [0.5, 0.6) is 0 Å². The van der Waals surface area contributed by atoms with Crippen LogP contribution in [0.4, 0.5) is 8.78 Å². The number of aromatic nitrogens is 3. The van der Waals surface area contributed by atoms with Gasteiger partial charge in [0.25, 0.3) is 6.43 Å². The molecule has 10 heavy (non-hydrogen) atoms. The van der Waals surface area contributed by atoms with Gasteiger partial charge in [0.1, 0.15) is 5.69 Å². The highest BCUT2D eigenvalue weighted by Crippen LogP contribution is 2.23. The fourth-order valence-corrected chi connectivity index (χ4v) is 1.07. The van der Waals surface area contributed by atoms with Crippen LogP contribution in [0.3, 0.4) is 0 Å². The standard InChI is InChI=1S/C4H4BrF2N3/c1-10-2(4(6)7)3(5)8-9-10/h4H,1H3. The minimum Gasteiger partial charge on any atom is -0.245 e. The number of rotatable bonds is 1. The third-order valence-electron chi connectivity index (χ3n) is 1.03. The fourth-order valence-electron chi connectivity index (χ4n) is 0.571. The Balaban J connectivity index is 3.10. The summed E-state index contributed by atoms with van der Waals surface area (Å²) in [5.41, 5.74) is -0.194. The minimum atomic E-state index is -2.53. The molecule has 1 aromatic heterocycles. The highest BCUT2D eigenvalue weighted by molar-refractivity contribution is 9.10. The summed E-state index contributed by atoms with van der Waals surface area (Å²) in [5.74, 6) is 0. The number of nitrogens with zero attached hydrogens (tertiary/aromatic N) is 3. The second kappa shape index (κ2) is 2.61. The van der Waals surface area contributed by atoms with Gasteiger partial charge in [-0.05, 0) is 15.9 Å². The quantitative estimate of drug-likeness (QED) is 0.706. The average Bonchev–Trinajstić information content (AvgIpc) is 2.11. The van der Waals surface area contributed by atoms with Crippen LogP contribution < -0.4 is 0 Å². The summed E-state index contributed by atoms with van der Waals surface area (Å²) in [4.78, 5) is 0. The first kappa shape index (κ1) is 7.59. The van der Waals surface area contributed by atoms with E-state index in [2.05, 4.69) is 26.2 Å². The van der Waals surface area contributed by atoms with Crippen molar-refractivity contribution in [2.75, 3.05) is 0 Å². The first-order chi connectivity index (χ1) is 4.63. The third-order valence-corrected chi connectivity index (χ3v) is 1.60. The molecule has 0 radical (unpaired) electrons. The molecule has 1 rings (SSSR count). The van der Waals surface area contributed by atoms with Crippen molar-refractivity contribution in [1.29, 1.82) is 0 Å². The van der Waals surface area contributed by atoms with Gasteiger partial charge < -0.3 is 0 Å². The molecule has 0 aliphatic carbocycles. The predicted octanol–water partition coefficient (Wildman–Crippen LogP) is 1.52. The molecule has 0 fully saturated rings. The lowest BCUT2D eigenvalue weighted by atomic mass is 10.5. The van der Waals surface area contributed by atoms with Gasteiger partial charge in [-0.3, -0.25) is 0 Å². The SMILES string of the molecule is Cn1nnc(Br)c1C(F)F. The lowest BCUT2D eigenvalue weighted by Crippen LogP contribution is -1.98. The summed E-state index contributed by atoms with van der Waals surface area (Å²) in [6, 6.07) is 0. The molecular weight excluding hydrogens is 208 g/mol. The highest BCUT2D eigenvalue weighted by Gasteiger charge is 2.17. The average molecular weight is 212 g/mol. The van der Waals surface area contributed by atoms with Gasteiger partial charge in [-0.25, -0.2) is 13.5 Å². The van der Waals surface area contributed by atoms with Gasteiger partial charge in [-0.2, -0.15) is 0 Å². The summed E-state index contributed by atoms with van der Waals surface area (Å²) in [6.45, 7) is 0. The van der Waals surface area contributed by atoms with Crippen LogP contribution >= 0.6 is 15.9 Å². The van der Waals surface area contributed by atoms with Gasteiger partial charge in [0.2, 0.25) is 0 Å². The van der Waals surface area contributed by atoms with Crippen molar-refractivity contribution in [2.45, 2.75) is 6.43 Å². The van der Waals surface area contributed by atoms with Gasteiger partial charge >= 0.3 is 0 Å². The van der Waals surface area contributed by atoms with Crippen LogP contribution in [0.2, 0.25) is 0 Å². The Morgan fingerprint density at radius 2 is 2.20 bits per heavy atom. The van der Waals surface area contributed by atoms with Gasteiger partial charge in [0, 0.05) is 7.05 Å². The number of aryl methyl sites for hydroxylation is 1. The Morgan fingerprint density at radius 3 is 2.40 bits per heavy atom. The molecule has 0 saturated heterocycles. The predicted molar refractivity (Wildman–Crippen MR) is 33.7 cm³/mol. The van der Waals surface area contributed by atoms with E-state index in [1.54, 1.807) is 0 Å². The normalized spacial score (nSPS) is 10.9. The van der Waals surface area contributed by atoms with E-state index in [1.807, 2.05) is 0 Å². The van der Waals surface area contributed by atoms with Crippen LogP contribution in [-0.2, 0) is 7.05 Å². The molecular formula is C4H4BrF2N3. The van der Waals surface area contributed by atoms with Crippen molar-refractivity contribution in [2.24, 2.45) is 7.05 Å². The van der Waals surface area contributed by atoms with Crippen LogP contribution in [-0.4, -0.2) is 15.0 Å². The molecule has 0 unspecified atom stereocenters. The maximum atomic E-state index is 12.0. The topological polar surface area (TPSA) is 30.7 Å². The van der Waals surface area contributed by atoms with Crippen LogP contribution in [0.1, 0.15) is 12.1 Å². The van der Waals surface area contributed by atoms with E-state index < -0.39 is 6.43 Å². The monoisotopic (exact) mass is 211 g/mol. The molecule has 0 aromatic carbocycles. The van der Waals surface area contributed by atoms with E-state index in [4.69, 9.17) is 0 Å². The van der Waals surface area contributed by atoms with E-state index in [9.17, 15) is 8.78 Å². The second-order valence-corrected chi connectivity index (χ2v) is 2.44. The maximum Gasteiger partial charge on any atom is 0.282 e. The first-order valence-electron chi connectivity index (χ1n) is 2.46. The Labute approximate surface area is 64.2 Å². The maximum absolute atomic E-state index is 12.0. The lowest BCUT2D eigenvalue weighted by molar-refractivity contribution is 0.140. The molecule has 1 heterocycles. The van der Waals surface area contributed by atoms with E-state index in [0.29, 0.717) is 0 Å². The molecule has 1 aromatic rings. The van der Waals surface area contributed by atoms with Crippen molar-refractivity contribution in [3.05, 3.63) is 10.3 Å². The number of hydrogen-bond donors (Lipinski definition) is 0. The third kappa shape index (κ3) is 1.16. The van der Waals surface area contributed by atoms with E-state index in [0.717, 1.165) is 4.68 Å². The van der Waals surface area contributed by atoms with E-state index >= 15 is 0 Å². The molecule has 0 aliphatic heterocycles. The molecule has 0 spiro atoms. The minimum absolute atomic E-state index is 0.102. The zero-order chi connectivity index (χ0) is 7.72. The van der Waals surface area contributed by atoms with Crippen molar-refractivity contribution in [3.63, 3.8) is 0 Å². The fraction of sp³-hybridized carbons (Fsp3) is 0.500. The first-order valence-corrected chi connectivity index (χ1v) is 3.25. The van der Waals surface area contributed by atoms with Gasteiger partial charge in [-0.1, -0.05) is 5.21 Å². The summed E-state index contributed by atoms with van der Waals surface area (Å²) < 4.78 is 25.1. The van der Waals surface area contributed by atoms with Crippen molar-refractivity contribution in [3.8, 4) is 0 Å². The summed E-state index contributed by atoms with van der Waals surface area (Å²) >= 11 is 2.84.